The van der Waals surface area contributed by atoms with Gasteiger partial charge in [-0.1, -0.05) is 35.0 Å². The number of anilines is 1. The average Bonchev–Trinajstić information content (AvgIpc) is 3.05. The number of fused-ring (bicyclic) bond motifs is 1. The van der Waals surface area contributed by atoms with E-state index in [4.69, 9.17) is 20.9 Å². The van der Waals surface area contributed by atoms with Crippen LogP contribution < -0.4 is 5.32 Å². The molecule has 1 atom stereocenters. The predicted molar refractivity (Wildman–Crippen MR) is 117 cm³/mol. The molecule has 3 aliphatic rings. The van der Waals surface area contributed by atoms with Gasteiger partial charge in [0.05, 0.1) is 22.8 Å². The van der Waals surface area contributed by atoms with Crippen LogP contribution in [0.5, 0.6) is 0 Å². The molecule has 1 aliphatic carbocycles. The highest BCUT2D eigenvalue weighted by molar-refractivity contribution is 6.55. The summed E-state index contributed by atoms with van der Waals surface area (Å²) in [7, 11) is 0. The molecule has 1 amide bonds. The molecule has 0 bridgehead atoms. The molecule has 1 fully saturated rings. The maximum Gasteiger partial charge on any atom is 0.412 e. The lowest BCUT2D eigenvalue weighted by molar-refractivity contribution is -0.141. The zero-order chi connectivity index (χ0) is 22.5. The Morgan fingerprint density at radius 2 is 1.97 bits per heavy atom. The summed E-state index contributed by atoms with van der Waals surface area (Å²) in [5.74, 6) is -0.870. The number of aromatic nitrogens is 1. The van der Waals surface area contributed by atoms with E-state index in [1.54, 1.807) is 37.3 Å². The lowest BCUT2D eigenvalue weighted by Crippen LogP contribution is -2.16. The van der Waals surface area contributed by atoms with Gasteiger partial charge in [0.25, 0.3) is 0 Å². The second-order valence-corrected chi connectivity index (χ2v) is 8.12. The quantitative estimate of drug-likeness (QED) is 0.657. The molecule has 3 heterocycles. The van der Waals surface area contributed by atoms with Gasteiger partial charge < -0.3 is 14.4 Å². The van der Waals surface area contributed by atoms with E-state index in [2.05, 4.69) is 20.5 Å². The number of hydrogen-bond donors (Lipinski definition) is 2. The van der Waals surface area contributed by atoms with E-state index in [1.807, 2.05) is 6.07 Å². The first kappa shape index (κ1) is 20.2. The number of carbonyl (C=O) groups excluding carboxylic acids is 1. The monoisotopic (exact) mass is 452 g/mol. The van der Waals surface area contributed by atoms with Crippen molar-refractivity contribution in [2.24, 2.45) is 15.4 Å². The topological polar surface area (TPSA) is 126 Å². The Balaban J connectivity index is 1.29. The minimum Gasteiger partial charge on any atom is -0.481 e. The summed E-state index contributed by atoms with van der Waals surface area (Å²) in [6, 6.07) is 7.11. The number of carboxylic acids is 1. The smallest absolute Gasteiger partial charge is 0.412 e. The fourth-order valence-electron chi connectivity index (χ4n) is 3.66. The number of amides is 1. The Bertz CT molecular complexity index is 1270. The van der Waals surface area contributed by atoms with Crippen molar-refractivity contribution in [3.63, 3.8) is 0 Å². The third-order valence-electron chi connectivity index (χ3n) is 5.62. The van der Waals surface area contributed by atoms with Crippen LogP contribution in [0.25, 0.3) is 5.70 Å². The van der Waals surface area contributed by atoms with Crippen LogP contribution in [-0.4, -0.2) is 33.7 Å². The number of benzene rings is 1. The zero-order valence-electron chi connectivity index (χ0n) is 16.8. The van der Waals surface area contributed by atoms with Crippen molar-refractivity contribution in [3.8, 4) is 0 Å². The Labute approximate surface area is 187 Å². The number of nitrogens with one attached hydrogen (secondary N) is 1. The van der Waals surface area contributed by atoms with Gasteiger partial charge in [0.2, 0.25) is 0 Å². The molecular weight excluding hydrogens is 436 g/mol. The van der Waals surface area contributed by atoms with Gasteiger partial charge in [0.15, 0.2) is 5.69 Å². The number of halogens is 1. The first-order valence-electron chi connectivity index (χ1n) is 9.89. The molecule has 1 aromatic carbocycles. The largest absolute Gasteiger partial charge is 0.481 e. The second kappa shape index (κ2) is 7.45. The minimum absolute atomic E-state index is 0.283. The Morgan fingerprint density at radius 1 is 1.22 bits per heavy atom. The number of ether oxygens (including phenoxy) is 1. The van der Waals surface area contributed by atoms with Gasteiger partial charge >= 0.3 is 12.1 Å². The number of carboxylic acid groups (broad SMARTS) is 1. The summed E-state index contributed by atoms with van der Waals surface area (Å²) < 4.78 is 10.4. The van der Waals surface area contributed by atoms with Crippen molar-refractivity contribution in [1.29, 1.82) is 0 Å². The molecule has 1 saturated carbocycles. The summed E-state index contributed by atoms with van der Waals surface area (Å²) in [5.41, 5.74) is 2.47. The Kier molecular flexibility index (Phi) is 4.70. The molecular formula is C22H17ClN4O5. The van der Waals surface area contributed by atoms with Crippen LogP contribution in [0.15, 0.2) is 62.9 Å². The van der Waals surface area contributed by atoms with Crippen LogP contribution in [-0.2, 0) is 9.53 Å². The van der Waals surface area contributed by atoms with E-state index < -0.39 is 23.6 Å². The molecule has 1 aromatic heterocycles. The number of hydrogen-bond acceptors (Lipinski definition) is 7. The molecule has 10 heteroatoms. The Morgan fingerprint density at radius 3 is 2.66 bits per heavy atom. The van der Waals surface area contributed by atoms with Crippen LogP contribution in [0.1, 0.15) is 37.1 Å². The fourth-order valence-corrected chi connectivity index (χ4v) is 3.95. The van der Waals surface area contributed by atoms with Crippen molar-refractivity contribution < 1.29 is 24.0 Å². The zero-order valence-corrected chi connectivity index (χ0v) is 17.6. The normalized spacial score (nSPS) is 18.7. The highest BCUT2D eigenvalue weighted by Crippen LogP contribution is 2.54. The average molecular weight is 453 g/mol. The van der Waals surface area contributed by atoms with Gasteiger partial charge in [0.1, 0.15) is 23.5 Å². The molecule has 2 aliphatic heterocycles. The van der Waals surface area contributed by atoms with E-state index in [0.717, 1.165) is 0 Å². The minimum atomic E-state index is -0.892. The van der Waals surface area contributed by atoms with Crippen molar-refractivity contribution in [3.05, 3.63) is 64.7 Å². The van der Waals surface area contributed by atoms with Crippen molar-refractivity contribution in [2.45, 2.75) is 25.9 Å². The van der Waals surface area contributed by atoms with Gasteiger partial charge in [0, 0.05) is 10.6 Å². The van der Waals surface area contributed by atoms with E-state index >= 15 is 0 Å². The maximum atomic E-state index is 12.4. The van der Waals surface area contributed by atoms with Crippen LogP contribution in [0.3, 0.4) is 0 Å². The van der Waals surface area contributed by atoms with Gasteiger partial charge in [-0.2, -0.15) is 0 Å². The molecule has 0 spiro atoms. The van der Waals surface area contributed by atoms with Gasteiger partial charge in [-0.25, -0.2) is 14.8 Å². The van der Waals surface area contributed by atoms with E-state index in [0.29, 0.717) is 51.9 Å². The Hall–Kier alpha value is -3.72. The maximum absolute atomic E-state index is 12.4. The van der Waals surface area contributed by atoms with Crippen molar-refractivity contribution in [2.75, 3.05) is 5.32 Å². The molecule has 0 saturated heterocycles. The predicted octanol–water partition coefficient (Wildman–Crippen LogP) is 4.64. The second-order valence-electron chi connectivity index (χ2n) is 7.71. The molecule has 1 unspecified atom stereocenters. The first-order chi connectivity index (χ1) is 15.4. The van der Waals surface area contributed by atoms with Crippen LogP contribution in [0.4, 0.5) is 10.5 Å². The number of rotatable bonds is 6. The molecule has 5 rings (SSSR count). The van der Waals surface area contributed by atoms with Gasteiger partial charge in [-0.15, -0.1) is 0 Å². The number of aliphatic imine (C=N–C) groups is 2. The van der Waals surface area contributed by atoms with E-state index in [-0.39, 0.29) is 5.69 Å². The number of allylic oxidation sites excluding steroid dienone is 2. The number of carbonyl (C=O) groups is 2. The molecule has 2 N–H and O–H groups in total. The first-order valence-corrected chi connectivity index (χ1v) is 10.3. The fraction of sp³-hybridized carbons (Fsp3) is 0.227. The van der Waals surface area contributed by atoms with E-state index in [9.17, 15) is 14.7 Å². The molecule has 9 nitrogen and oxygen atoms in total. The number of nitrogens with zero attached hydrogens (tertiary/aromatic N) is 3. The van der Waals surface area contributed by atoms with E-state index in [1.165, 1.54) is 6.26 Å². The number of aliphatic carboxylic acids is 1. The third-order valence-corrected chi connectivity index (χ3v) is 5.96. The van der Waals surface area contributed by atoms with Crippen LogP contribution in [0, 0.1) is 5.41 Å². The van der Waals surface area contributed by atoms with Crippen LogP contribution in [0.2, 0.25) is 5.02 Å². The summed E-state index contributed by atoms with van der Waals surface area (Å²) >= 11 is 6.16. The summed E-state index contributed by atoms with van der Waals surface area (Å²) in [6.45, 7) is 1.72. The summed E-state index contributed by atoms with van der Waals surface area (Å²) in [6.07, 6.45) is 4.51. The summed E-state index contributed by atoms with van der Waals surface area (Å²) in [4.78, 5) is 32.9. The highest BCUT2D eigenvalue weighted by Gasteiger charge is 2.55. The standard InChI is InChI=1S/C22H17ClN4O5/c1-11(12-4-2-3-5-13(12)23)32-21(30)26-17-10-31-27-19(17)16-8-14-15(24-16)9-18(25-14)22(6-7-22)20(28)29/h2-5,8-11H,6-7H2,1H3,(H,26,30)(H,28,29). The molecule has 2 aromatic rings. The lowest BCUT2D eigenvalue weighted by Gasteiger charge is -2.15. The molecule has 32 heavy (non-hydrogen) atoms. The molecule has 162 valence electrons. The SMILES string of the molecule is CC(OC(=O)Nc1conc1C1=CC2=NC(C3(C(=O)O)CC3)=CC2=N1)c1ccccc1Cl. The highest BCUT2D eigenvalue weighted by atomic mass is 35.5. The van der Waals surface area contributed by atoms with Gasteiger partial charge in [-0.05, 0) is 38.0 Å². The third kappa shape index (κ3) is 3.40. The van der Waals surface area contributed by atoms with Gasteiger partial charge in [-0.3, -0.25) is 10.1 Å². The van der Waals surface area contributed by atoms with Crippen molar-refractivity contribution >= 4 is 46.5 Å². The van der Waals surface area contributed by atoms with Crippen LogP contribution >= 0.6 is 11.6 Å². The molecule has 0 radical (unpaired) electrons. The van der Waals surface area contributed by atoms with Crippen molar-refractivity contribution in [1.82, 2.24) is 5.16 Å². The summed E-state index contributed by atoms with van der Waals surface area (Å²) in [5, 5.41) is 16.5. The lowest BCUT2D eigenvalue weighted by atomic mass is 10.0.